The van der Waals surface area contributed by atoms with Crippen LogP contribution in [0.1, 0.15) is 41.6 Å². The zero-order valence-electron chi connectivity index (χ0n) is 18.2. The van der Waals surface area contributed by atoms with Gasteiger partial charge in [0.05, 0.1) is 16.0 Å². The summed E-state index contributed by atoms with van der Waals surface area (Å²) < 4.78 is 68.1. The first-order valence-electron chi connectivity index (χ1n) is 10.9. The van der Waals surface area contributed by atoms with Gasteiger partial charge in [0.25, 0.3) is 5.91 Å². The van der Waals surface area contributed by atoms with E-state index in [1.165, 1.54) is 6.07 Å². The number of rotatable bonds is 5. The number of nitrogens with one attached hydrogen (secondary N) is 1. The van der Waals surface area contributed by atoms with Gasteiger partial charge in [-0.05, 0) is 56.0 Å². The van der Waals surface area contributed by atoms with Gasteiger partial charge in [0.1, 0.15) is 5.82 Å². The predicted octanol–water partition coefficient (Wildman–Crippen LogP) is 4.05. The molecule has 0 aliphatic carbocycles. The largest absolute Gasteiger partial charge is 0.417 e. The van der Waals surface area contributed by atoms with Crippen molar-refractivity contribution in [2.24, 2.45) is 0 Å². The average Bonchev–Trinajstić information content (AvgIpc) is 3.33. The third-order valence-corrected chi connectivity index (χ3v) is 8.14. The van der Waals surface area contributed by atoms with Crippen LogP contribution in [0.4, 0.5) is 19.0 Å². The number of anilines is 1. The molecular weight excluding hydrogens is 537 g/mol. The smallest absolute Gasteiger partial charge is 0.357 e. The van der Waals surface area contributed by atoms with E-state index in [0.717, 1.165) is 43.9 Å². The van der Waals surface area contributed by atoms with E-state index >= 15 is 0 Å². The first-order valence-corrected chi connectivity index (χ1v) is 13.2. The van der Waals surface area contributed by atoms with E-state index in [-0.39, 0.29) is 23.5 Å². The van der Waals surface area contributed by atoms with Gasteiger partial charge < -0.3 is 9.80 Å². The van der Waals surface area contributed by atoms with Gasteiger partial charge in [0, 0.05) is 42.9 Å². The standard InChI is InChI=1S/C22H24BrF3N4O3S/c23-16-4-5-19(18(13-16)22(24,25)26)34(32,33)28-17-7-11-30(12-8-17)21(31)15-3-6-20(27-14-15)29-9-1-2-10-29/h3-6,13-14,17,28H,1-2,7-12H2. The van der Waals surface area contributed by atoms with Crippen molar-refractivity contribution >= 4 is 37.7 Å². The maximum atomic E-state index is 13.4. The summed E-state index contributed by atoms with van der Waals surface area (Å²) in [6.45, 7) is 2.47. The number of sulfonamides is 1. The van der Waals surface area contributed by atoms with Crippen LogP contribution in [0.2, 0.25) is 0 Å². The molecule has 2 aliphatic rings. The lowest BCUT2D eigenvalue weighted by molar-refractivity contribution is -0.139. The second-order valence-corrected chi connectivity index (χ2v) is 11.0. The number of hydrogen-bond donors (Lipinski definition) is 1. The van der Waals surface area contributed by atoms with Crippen molar-refractivity contribution < 1.29 is 26.4 Å². The fraction of sp³-hybridized carbons (Fsp3) is 0.455. The van der Waals surface area contributed by atoms with Crippen LogP contribution in [0.15, 0.2) is 45.9 Å². The van der Waals surface area contributed by atoms with Gasteiger partial charge in [0.15, 0.2) is 0 Å². The summed E-state index contributed by atoms with van der Waals surface area (Å²) in [5.74, 6) is 0.641. The van der Waals surface area contributed by atoms with Gasteiger partial charge in [0.2, 0.25) is 10.0 Å². The highest BCUT2D eigenvalue weighted by molar-refractivity contribution is 9.10. The second kappa shape index (κ2) is 9.82. The highest BCUT2D eigenvalue weighted by Crippen LogP contribution is 2.36. The fourth-order valence-corrected chi connectivity index (χ4v) is 6.14. The van der Waals surface area contributed by atoms with Crippen molar-refractivity contribution in [3.05, 3.63) is 52.1 Å². The lowest BCUT2D eigenvalue weighted by atomic mass is 10.1. The SMILES string of the molecule is O=C(c1ccc(N2CCCC2)nc1)N1CCC(NS(=O)(=O)c2ccc(Br)cc2C(F)(F)F)CC1. The van der Waals surface area contributed by atoms with Crippen LogP contribution in [0.25, 0.3) is 0 Å². The molecule has 0 unspecified atom stereocenters. The van der Waals surface area contributed by atoms with Crippen LogP contribution in [0.5, 0.6) is 0 Å². The molecule has 3 heterocycles. The molecule has 184 valence electrons. The number of aromatic nitrogens is 1. The maximum Gasteiger partial charge on any atom is 0.417 e. The Kier molecular flexibility index (Phi) is 7.20. The molecule has 2 saturated heterocycles. The minimum absolute atomic E-state index is 0.133. The summed E-state index contributed by atoms with van der Waals surface area (Å²) in [6.07, 6.45) is -0.427. The molecule has 34 heavy (non-hydrogen) atoms. The maximum absolute atomic E-state index is 13.4. The number of piperidine rings is 1. The molecule has 7 nitrogen and oxygen atoms in total. The van der Waals surface area contributed by atoms with Crippen molar-refractivity contribution in [3.63, 3.8) is 0 Å². The van der Waals surface area contributed by atoms with E-state index in [9.17, 15) is 26.4 Å². The highest BCUT2D eigenvalue weighted by atomic mass is 79.9. The number of halogens is 4. The number of amides is 1. The minimum Gasteiger partial charge on any atom is -0.357 e. The zero-order chi connectivity index (χ0) is 24.5. The summed E-state index contributed by atoms with van der Waals surface area (Å²) in [7, 11) is -4.40. The summed E-state index contributed by atoms with van der Waals surface area (Å²) in [4.78, 5) is 20.2. The Morgan fingerprint density at radius 2 is 1.74 bits per heavy atom. The van der Waals surface area contributed by atoms with Crippen LogP contribution in [0, 0.1) is 0 Å². The van der Waals surface area contributed by atoms with E-state index in [2.05, 4.69) is 30.5 Å². The average molecular weight is 561 g/mol. The summed E-state index contributed by atoms with van der Waals surface area (Å²) in [6, 6.07) is 5.94. The fourth-order valence-electron chi connectivity index (χ4n) is 4.27. The molecule has 1 aromatic heterocycles. The number of carbonyl (C=O) groups excluding carboxylic acids is 1. The zero-order valence-corrected chi connectivity index (χ0v) is 20.6. The van der Waals surface area contributed by atoms with Crippen LogP contribution >= 0.6 is 15.9 Å². The lowest BCUT2D eigenvalue weighted by Crippen LogP contribution is -2.46. The van der Waals surface area contributed by atoms with Crippen molar-refractivity contribution in [1.82, 2.24) is 14.6 Å². The molecule has 2 fully saturated rings. The molecule has 2 aliphatic heterocycles. The van der Waals surface area contributed by atoms with Crippen LogP contribution in [-0.4, -0.2) is 56.4 Å². The quantitative estimate of drug-likeness (QED) is 0.596. The molecule has 0 radical (unpaired) electrons. The van der Waals surface area contributed by atoms with Crippen molar-refractivity contribution in [2.45, 2.75) is 42.8 Å². The Morgan fingerprint density at radius 3 is 2.32 bits per heavy atom. The van der Waals surface area contributed by atoms with E-state index in [1.807, 2.05) is 6.07 Å². The van der Waals surface area contributed by atoms with Gasteiger partial charge in [-0.15, -0.1) is 0 Å². The van der Waals surface area contributed by atoms with Gasteiger partial charge in [-0.25, -0.2) is 18.1 Å². The molecular formula is C22H24BrF3N4O3S. The normalized spacial score (nSPS) is 17.9. The number of nitrogens with zero attached hydrogens (tertiary/aromatic N) is 3. The van der Waals surface area contributed by atoms with Crippen LogP contribution < -0.4 is 9.62 Å². The molecule has 1 aromatic carbocycles. The predicted molar refractivity (Wildman–Crippen MR) is 124 cm³/mol. The van der Waals surface area contributed by atoms with E-state index in [4.69, 9.17) is 0 Å². The molecule has 0 bridgehead atoms. The Morgan fingerprint density at radius 1 is 1.06 bits per heavy atom. The van der Waals surface area contributed by atoms with E-state index < -0.39 is 32.7 Å². The molecule has 1 amide bonds. The van der Waals surface area contributed by atoms with Crippen molar-refractivity contribution in [2.75, 3.05) is 31.1 Å². The van der Waals surface area contributed by atoms with Crippen molar-refractivity contribution in [3.8, 4) is 0 Å². The first kappa shape index (κ1) is 24.9. The summed E-state index contributed by atoms with van der Waals surface area (Å²) in [5, 5.41) is 0. The summed E-state index contributed by atoms with van der Waals surface area (Å²) >= 11 is 2.95. The highest BCUT2D eigenvalue weighted by Gasteiger charge is 2.38. The van der Waals surface area contributed by atoms with Gasteiger partial charge in [-0.3, -0.25) is 4.79 Å². The lowest BCUT2D eigenvalue weighted by Gasteiger charge is -2.32. The minimum atomic E-state index is -4.82. The monoisotopic (exact) mass is 560 g/mol. The Balaban J connectivity index is 1.38. The second-order valence-electron chi connectivity index (χ2n) is 8.43. The third kappa shape index (κ3) is 5.55. The van der Waals surface area contributed by atoms with Gasteiger partial charge >= 0.3 is 6.18 Å². The van der Waals surface area contributed by atoms with E-state index in [0.29, 0.717) is 18.4 Å². The number of pyridine rings is 1. The van der Waals surface area contributed by atoms with Crippen molar-refractivity contribution in [1.29, 1.82) is 0 Å². The first-order chi connectivity index (χ1) is 16.0. The third-order valence-electron chi connectivity index (χ3n) is 6.07. The molecule has 0 atom stereocenters. The topological polar surface area (TPSA) is 82.6 Å². The van der Waals surface area contributed by atoms with Crippen LogP contribution in [-0.2, 0) is 16.2 Å². The molecule has 12 heteroatoms. The molecule has 2 aromatic rings. The Bertz CT molecular complexity index is 1140. The number of carbonyl (C=O) groups is 1. The number of benzene rings is 1. The number of alkyl halides is 3. The van der Waals surface area contributed by atoms with Gasteiger partial charge in [-0.1, -0.05) is 15.9 Å². The molecule has 1 N–H and O–H groups in total. The molecule has 0 spiro atoms. The Hall–Kier alpha value is -2.18. The molecule has 4 rings (SSSR count). The van der Waals surface area contributed by atoms with E-state index in [1.54, 1.807) is 17.2 Å². The summed E-state index contributed by atoms with van der Waals surface area (Å²) in [5.41, 5.74) is -0.779. The van der Waals surface area contributed by atoms with Crippen LogP contribution in [0.3, 0.4) is 0 Å². The molecule has 0 saturated carbocycles. The Labute approximate surface area is 204 Å². The van der Waals surface area contributed by atoms with Gasteiger partial charge in [-0.2, -0.15) is 13.2 Å². The number of likely N-dealkylation sites (tertiary alicyclic amines) is 1. The number of hydrogen-bond acceptors (Lipinski definition) is 5.